The fraction of sp³-hybridized carbons (Fsp3) is 0.348. The molecule has 178 valence electrons. The second kappa shape index (κ2) is 10.6. The Morgan fingerprint density at radius 2 is 1.67 bits per heavy atom. The van der Waals surface area contributed by atoms with Crippen molar-refractivity contribution < 1.29 is 50.0 Å². The van der Waals surface area contributed by atoms with E-state index in [2.05, 4.69) is 0 Å². The highest BCUT2D eigenvalue weighted by molar-refractivity contribution is 5.96. The molecule has 0 amide bonds. The van der Waals surface area contributed by atoms with Crippen LogP contribution in [-0.2, 0) is 4.74 Å². The van der Waals surface area contributed by atoms with Crippen LogP contribution in [0.25, 0.3) is 6.08 Å². The number of hydrogen-bond acceptors (Lipinski definition) is 10. The quantitative estimate of drug-likeness (QED) is 0.218. The standard InChI is InChI=1S/C23H26O10/c24-11-19-20(29)21(30)22(31)23(33-19)32-18-9-12(5-7-16(18)27)3-1-2-4-14(25)13-6-8-15(26)17(28)10-13/h1,3,5-10,19-24,26-31H,2,4,11H2. The number of aromatic hydroxyl groups is 3. The Bertz CT molecular complexity index is 1000. The van der Waals surface area contributed by atoms with Gasteiger partial charge in [0, 0.05) is 12.0 Å². The summed E-state index contributed by atoms with van der Waals surface area (Å²) < 4.78 is 10.8. The number of benzene rings is 2. The molecule has 1 heterocycles. The van der Waals surface area contributed by atoms with Crippen LogP contribution in [0.4, 0.5) is 0 Å². The monoisotopic (exact) mass is 462 g/mol. The summed E-state index contributed by atoms with van der Waals surface area (Å²) in [6, 6.07) is 8.25. The molecule has 10 heteroatoms. The maximum absolute atomic E-state index is 12.2. The number of ketones is 1. The van der Waals surface area contributed by atoms with Crippen molar-refractivity contribution in [3.8, 4) is 23.0 Å². The molecule has 0 radical (unpaired) electrons. The summed E-state index contributed by atoms with van der Waals surface area (Å²) in [7, 11) is 0. The van der Waals surface area contributed by atoms with Crippen molar-refractivity contribution in [2.75, 3.05) is 6.61 Å². The van der Waals surface area contributed by atoms with E-state index < -0.39 is 37.3 Å². The number of phenolic OH excluding ortho intramolecular Hbond substituents is 3. The highest BCUT2D eigenvalue weighted by Gasteiger charge is 2.44. The molecule has 2 aromatic carbocycles. The Morgan fingerprint density at radius 1 is 0.939 bits per heavy atom. The normalized spacial score (nSPS) is 25.3. The van der Waals surface area contributed by atoms with Crippen molar-refractivity contribution in [1.29, 1.82) is 0 Å². The molecule has 3 rings (SSSR count). The number of rotatable bonds is 8. The lowest BCUT2D eigenvalue weighted by Gasteiger charge is -2.39. The van der Waals surface area contributed by atoms with Crippen LogP contribution in [0.3, 0.4) is 0 Å². The average molecular weight is 462 g/mol. The maximum Gasteiger partial charge on any atom is 0.229 e. The average Bonchev–Trinajstić information content (AvgIpc) is 2.80. The van der Waals surface area contributed by atoms with E-state index >= 15 is 0 Å². The summed E-state index contributed by atoms with van der Waals surface area (Å²) in [5.74, 6) is -1.20. The van der Waals surface area contributed by atoms with Crippen molar-refractivity contribution in [2.45, 2.75) is 43.5 Å². The first-order valence-corrected chi connectivity index (χ1v) is 10.2. The third kappa shape index (κ3) is 5.81. The molecule has 0 bridgehead atoms. The lowest BCUT2D eigenvalue weighted by atomic mass is 9.99. The number of carbonyl (C=O) groups excluding carboxylic acids is 1. The van der Waals surface area contributed by atoms with E-state index in [4.69, 9.17) is 9.47 Å². The van der Waals surface area contributed by atoms with Crippen LogP contribution < -0.4 is 4.74 Å². The molecule has 7 N–H and O–H groups in total. The minimum Gasteiger partial charge on any atom is -0.504 e. The van der Waals surface area contributed by atoms with Gasteiger partial charge in [-0.05, 0) is 42.3 Å². The van der Waals surface area contributed by atoms with Gasteiger partial charge in [0.25, 0.3) is 0 Å². The SMILES string of the molecule is O=C(CCC=Cc1ccc(O)c(OC2OC(CO)C(O)C(O)C2O)c1)c1ccc(O)c(O)c1. The number of ether oxygens (including phenoxy) is 2. The molecule has 5 unspecified atom stereocenters. The van der Waals surface area contributed by atoms with Gasteiger partial charge in [-0.1, -0.05) is 18.2 Å². The number of aliphatic hydroxyl groups excluding tert-OH is 4. The minimum absolute atomic E-state index is 0.0582. The number of Topliss-reactive ketones (excluding diaryl/α,β-unsaturated/α-hetero) is 1. The van der Waals surface area contributed by atoms with Crippen molar-refractivity contribution in [3.63, 3.8) is 0 Å². The molecule has 0 aromatic heterocycles. The van der Waals surface area contributed by atoms with Gasteiger partial charge in [0.15, 0.2) is 28.8 Å². The Kier molecular flexibility index (Phi) is 7.90. The van der Waals surface area contributed by atoms with Crippen molar-refractivity contribution in [1.82, 2.24) is 0 Å². The Labute approximate surface area is 189 Å². The largest absolute Gasteiger partial charge is 0.504 e. The van der Waals surface area contributed by atoms with Gasteiger partial charge in [0.05, 0.1) is 6.61 Å². The van der Waals surface area contributed by atoms with Crippen LogP contribution >= 0.6 is 0 Å². The van der Waals surface area contributed by atoms with Gasteiger partial charge in [0.1, 0.15) is 24.4 Å². The van der Waals surface area contributed by atoms with Gasteiger partial charge in [-0.15, -0.1) is 0 Å². The van der Waals surface area contributed by atoms with Gasteiger partial charge in [0.2, 0.25) is 6.29 Å². The molecule has 0 saturated carbocycles. The molecule has 1 fully saturated rings. The summed E-state index contributed by atoms with van der Waals surface area (Å²) in [6.07, 6.45) is -3.40. The van der Waals surface area contributed by atoms with Crippen LogP contribution in [0.1, 0.15) is 28.8 Å². The number of phenols is 3. The zero-order valence-electron chi connectivity index (χ0n) is 17.5. The van der Waals surface area contributed by atoms with Crippen LogP contribution in [-0.4, -0.2) is 78.8 Å². The third-order valence-corrected chi connectivity index (χ3v) is 5.22. The van der Waals surface area contributed by atoms with E-state index in [1.165, 1.54) is 30.3 Å². The van der Waals surface area contributed by atoms with E-state index in [0.29, 0.717) is 12.0 Å². The Morgan fingerprint density at radius 3 is 2.36 bits per heavy atom. The van der Waals surface area contributed by atoms with Crippen LogP contribution in [0.5, 0.6) is 23.0 Å². The number of carbonyl (C=O) groups is 1. The Balaban J connectivity index is 1.62. The molecule has 10 nitrogen and oxygen atoms in total. The van der Waals surface area contributed by atoms with Gasteiger partial charge in [-0.2, -0.15) is 0 Å². The summed E-state index contributed by atoms with van der Waals surface area (Å²) in [5.41, 5.74) is 0.876. The van der Waals surface area contributed by atoms with E-state index in [9.17, 15) is 40.5 Å². The molecular weight excluding hydrogens is 436 g/mol. The predicted molar refractivity (Wildman–Crippen MR) is 115 cm³/mol. The fourth-order valence-electron chi connectivity index (χ4n) is 3.29. The Hall–Kier alpha value is -3.15. The number of aliphatic hydroxyl groups is 4. The van der Waals surface area contributed by atoms with Gasteiger partial charge < -0.3 is 45.2 Å². The molecule has 1 saturated heterocycles. The molecule has 2 aromatic rings. The molecule has 1 aliphatic rings. The van der Waals surface area contributed by atoms with Crippen molar-refractivity contribution >= 4 is 11.9 Å². The summed E-state index contributed by atoms with van der Waals surface area (Å²) in [4.78, 5) is 12.2. The molecule has 33 heavy (non-hydrogen) atoms. The lowest BCUT2D eigenvalue weighted by Crippen LogP contribution is -2.60. The van der Waals surface area contributed by atoms with Crippen molar-refractivity contribution in [3.05, 3.63) is 53.6 Å². The lowest BCUT2D eigenvalue weighted by molar-refractivity contribution is -0.277. The fourth-order valence-corrected chi connectivity index (χ4v) is 3.29. The topological polar surface area (TPSA) is 177 Å². The predicted octanol–water partition coefficient (Wildman–Crippen LogP) is 0.658. The molecular formula is C23H26O10. The van der Waals surface area contributed by atoms with Gasteiger partial charge in [-0.25, -0.2) is 0 Å². The van der Waals surface area contributed by atoms with Crippen LogP contribution in [0, 0.1) is 0 Å². The summed E-state index contributed by atoms with van der Waals surface area (Å²) in [6.45, 7) is -0.609. The van der Waals surface area contributed by atoms with Crippen LogP contribution in [0.15, 0.2) is 42.5 Å². The summed E-state index contributed by atoms with van der Waals surface area (Å²) in [5, 5.41) is 68.0. The number of allylic oxidation sites excluding steroid dienone is 1. The first-order chi connectivity index (χ1) is 15.7. The highest BCUT2D eigenvalue weighted by Crippen LogP contribution is 2.32. The smallest absolute Gasteiger partial charge is 0.229 e. The first-order valence-electron chi connectivity index (χ1n) is 10.2. The highest BCUT2D eigenvalue weighted by atomic mass is 16.7. The minimum atomic E-state index is -1.62. The molecule has 1 aliphatic heterocycles. The van der Waals surface area contributed by atoms with E-state index in [1.54, 1.807) is 18.2 Å². The van der Waals surface area contributed by atoms with E-state index in [0.717, 1.165) is 0 Å². The second-order valence-corrected chi connectivity index (χ2v) is 7.61. The molecule has 0 aliphatic carbocycles. The zero-order chi connectivity index (χ0) is 24.1. The maximum atomic E-state index is 12.2. The molecule has 5 atom stereocenters. The zero-order valence-corrected chi connectivity index (χ0v) is 17.5. The van der Waals surface area contributed by atoms with Gasteiger partial charge in [-0.3, -0.25) is 4.79 Å². The van der Waals surface area contributed by atoms with Crippen LogP contribution in [0.2, 0.25) is 0 Å². The van der Waals surface area contributed by atoms with E-state index in [1.807, 2.05) is 0 Å². The van der Waals surface area contributed by atoms with Gasteiger partial charge >= 0.3 is 0 Å². The molecule has 0 spiro atoms. The van der Waals surface area contributed by atoms with Crippen molar-refractivity contribution in [2.24, 2.45) is 0 Å². The van der Waals surface area contributed by atoms with E-state index in [-0.39, 0.29) is 40.8 Å². The number of hydrogen-bond donors (Lipinski definition) is 7. The first kappa shape index (κ1) is 24.5. The third-order valence-electron chi connectivity index (χ3n) is 5.22. The second-order valence-electron chi connectivity index (χ2n) is 7.61. The summed E-state index contributed by atoms with van der Waals surface area (Å²) >= 11 is 0.